The Morgan fingerprint density at radius 2 is 2.15 bits per heavy atom. The van der Waals surface area contributed by atoms with E-state index < -0.39 is 0 Å². The third-order valence-electron chi connectivity index (χ3n) is 3.47. The monoisotopic (exact) mass is 333 g/mol. The van der Waals surface area contributed by atoms with E-state index in [1.54, 1.807) is 0 Å². The summed E-state index contributed by atoms with van der Waals surface area (Å²) < 4.78 is 12.6. The van der Waals surface area contributed by atoms with E-state index in [1.807, 2.05) is 43.4 Å². The lowest BCUT2D eigenvalue weighted by atomic mass is 10.1. The summed E-state index contributed by atoms with van der Waals surface area (Å²) in [6.07, 6.45) is 0. The van der Waals surface area contributed by atoms with Crippen molar-refractivity contribution in [1.82, 2.24) is 5.32 Å². The lowest BCUT2D eigenvalue weighted by Crippen LogP contribution is -2.17. The number of hydrogen-bond donors (Lipinski definition) is 1. The number of fused-ring (bicyclic) bond motifs is 1. The minimum atomic E-state index is 0.280. The minimum Gasteiger partial charge on any atom is -0.491 e. The average molecular weight is 334 g/mol. The lowest BCUT2D eigenvalue weighted by molar-refractivity contribution is 0.298. The van der Waals surface area contributed by atoms with Crippen molar-refractivity contribution in [1.29, 1.82) is 0 Å². The molecule has 2 aromatic rings. The van der Waals surface area contributed by atoms with Crippen LogP contribution in [0.4, 0.5) is 0 Å². The second-order valence-electron chi connectivity index (χ2n) is 4.73. The molecule has 0 spiro atoms. The molecule has 0 radical (unpaired) electrons. The molecule has 4 heteroatoms. The largest absolute Gasteiger partial charge is 0.491 e. The second kappa shape index (κ2) is 5.85. The summed E-state index contributed by atoms with van der Waals surface area (Å²) in [5, 5.41) is 3.23. The highest BCUT2D eigenvalue weighted by atomic mass is 79.9. The molecule has 1 atom stereocenters. The fraction of sp³-hybridized carbons (Fsp3) is 0.250. The molecule has 1 aliphatic rings. The molecule has 104 valence electrons. The summed E-state index contributed by atoms with van der Waals surface area (Å²) in [5.41, 5.74) is 2.32. The van der Waals surface area contributed by atoms with E-state index in [1.165, 1.54) is 5.56 Å². The van der Waals surface area contributed by atoms with Crippen LogP contribution in [-0.4, -0.2) is 13.7 Å². The van der Waals surface area contributed by atoms with Crippen LogP contribution in [0.25, 0.3) is 0 Å². The van der Waals surface area contributed by atoms with Crippen molar-refractivity contribution in [2.75, 3.05) is 13.7 Å². The number of halogens is 1. The van der Waals surface area contributed by atoms with Gasteiger partial charge in [0.2, 0.25) is 0 Å². The van der Waals surface area contributed by atoms with Gasteiger partial charge in [0.05, 0.1) is 6.04 Å². The maximum Gasteiger partial charge on any atom is 0.127 e. The average Bonchev–Trinajstić information content (AvgIpc) is 2.88. The van der Waals surface area contributed by atoms with Crippen LogP contribution < -0.4 is 14.8 Å². The fourth-order valence-electron chi connectivity index (χ4n) is 2.30. The standard InChI is InChI=1S/C16H16BrNO2/c1-18-15-10-20-16-8-12(6-7-13(15)16)19-9-11-4-2-3-5-14(11)17/h2-8,15,18H,9-10H2,1H3. The van der Waals surface area contributed by atoms with Crippen molar-refractivity contribution in [3.63, 3.8) is 0 Å². The van der Waals surface area contributed by atoms with Crippen LogP contribution in [0.3, 0.4) is 0 Å². The third-order valence-corrected chi connectivity index (χ3v) is 4.24. The summed E-state index contributed by atoms with van der Waals surface area (Å²) in [6, 6.07) is 14.4. The summed E-state index contributed by atoms with van der Waals surface area (Å²) in [5.74, 6) is 1.74. The van der Waals surface area contributed by atoms with Gasteiger partial charge in [-0.3, -0.25) is 0 Å². The van der Waals surface area contributed by atoms with Crippen LogP contribution in [0.15, 0.2) is 46.9 Å². The molecule has 0 fully saturated rings. The van der Waals surface area contributed by atoms with Crippen LogP contribution in [-0.2, 0) is 6.61 Å². The molecule has 1 N–H and O–H groups in total. The van der Waals surface area contributed by atoms with E-state index in [-0.39, 0.29) is 6.04 Å². The molecule has 0 saturated heterocycles. The molecule has 0 bridgehead atoms. The van der Waals surface area contributed by atoms with Gasteiger partial charge in [0, 0.05) is 21.7 Å². The van der Waals surface area contributed by atoms with Gasteiger partial charge < -0.3 is 14.8 Å². The Balaban J connectivity index is 1.72. The molecule has 0 amide bonds. The minimum absolute atomic E-state index is 0.280. The van der Waals surface area contributed by atoms with E-state index in [0.29, 0.717) is 13.2 Å². The Morgan fingerprint density at radius 3 is 2.95 bits per heavy atom. The Kier molecular flexibility index (Phi) is 3.94. The van der Waals surface area contributed by atoms with Gasteiger partial charge in [-0.15, -0.1) is 0 Å². The molecule has 1 heterocycles. The van der Waals surface area contributed by atoms with Crippen LogP contribution in [0, 0.1) is 0 Å². The predicted molar refractivity (Wildman–Crippen MR) is 82.2 cm³/mol. The zero-order valence-corrected chi connectivity index (χ0v) is 12.8. The zero-order chi connectivity index (χ0) is 13.9. The van der Waals surface area contributed by atoms with Crippen LogP contribution in [0.5, 0.6) is 11.5 Å². The van der Waals surface area contributed by atoms with Crippen molar-refractivity contribution in [2.45, 2.75) is 12.6 Å². The summed E-state index contributed by atoms with van der Waals surface area (Å²) in [7, 11) is 1.94. The zero-order valence-electron chi connectivity index (χ0n) is 11.2. The first kappa shape index (κ1) is 13.5. The van der Waals surface area contributed by atoms with Gasteiger partial charge in [-0.2, -0.15) is 0 Å². The van der Waals surface area contributed by atoms with E-state index in [4.69, 9.17) is 9.47 Å². The molecule has 3 nitrogen and oxygen atoms in total. The van der Waals surface area contributed by atoms with Gasteiger partial charge in [0.1, 0.15) is 24.7 Å². The van der Waals surface area contributed by atoms with Gasteiger partial charge in [0.25, 0.3) is 0 Å². The van der Waals surface area contributed by atoms with Gasteiger partial charge in [-0.25, -0.2) is 0 Å². The number of ether oxygens (including phenoxy) is 2. The van der Waals surface area contributed by atoms with E-state index in [2.05, 4.69) is 27.3 Å². The molecule has 2 aromatic carbocycles. The first-order valence-corrected chi connectivity index (χ1v) is 7.37. The van der Waals surface area contributed by atoms with E-state index >= 15 is 0 Å². The summed E-state index contributed by atoms with van der Waals surface area (Å²) in [4.78, 5) is 0. The normalized spacial score (nSPS) is 16.6. The molecule has 3 rings (SSSR count). The smallest absolute Gasteiger partial charge is 0.127 e. The van der Waals surface area contributed by atoms with Crippen molar-refractivity contribution in [2.24, 2.45) is 0 Å². The Bertz CT molecular complexity index is 615. The first-order valence-electron chi connectivity index (χ1n) is 6.58. The SMILES string of the molecule is CNC1COc2cc(OCc3ccccc3Br)ccc21. The number of rotatable bonds is 4. The highest BCUT2D eigenvalue weighted by molar-refractivity contribution is 9.10. The van der Waals surface area contributed by atoms with Crippen molar-refractivity contribution in [3.8, 4) is 11.5 Å². The van der Waals surface area contributed by atoms with Crippen molar-refractivity contribution in [3.05, 3.63) is 58.1 Å². The maximum atomic E-state index is 5.84. The van der Waals surface area contributed by atoms with E-state index in [9.17, 15) is 0 Å². The molecular weight excluding hydrogens is 318 g/mol. The molecule has 1 aliphatic heterocycles. The number of hydrogen-bond acceptors (Lipinski definition) is 3. The topological polar surface area (TPSA) is 30.5 Å². The molecule has 20 heavy (non-hydrogen) atoms. The van der Waals surface area contributed by atoms with Crippen molar-refractivity contribution >= 4 is 15.9 Å². The van der Waals surface area contributed by atoms with Gasteiger partial charge in [0.15, 0.2) is 0 Å². The Labute approximate surface area is 127 Å². The summed E-state index contributed by atoms with van der Waals surface area (Å²) >= 11 is 3.52. The van der Waals surface area contributed by atoms with Gasteiger partial charge in [-0.05, 0) is 25.2 Å². The second-order valence-corrected chi connectivity index (χ2v) is 5.59. The molecule has 0 aliphatic carbocycles. The lowest BCUT2D eigenvalue weighted by Gasteiger charge is -2.10. The Hall–Kier alpha value is -1.52. The highest BCUT2D eigenvalue weighted by Gasteiger charge is 2.22. The molecule has 0 aromatic heterocycles. The fourth-order valence-corrected chi connectivity index (χ4v) is 2.69. The number of benzene rings is 2. The first-order chi connectivity index (χ1) is 9.78. The number of nitrogens with one attached hydrogen (secondary N) is 1. The highest BCUT2D eigenvalue weighted by Crippen LogP contribution is 2.35. The van der Waals surface area contributed by atoms with Crippen LogP contribution >= 0.6 is 15.9 Å². The third kappa shape index (κ3) is 2.67. The van der Waals surface area contributed by atoms with Gasteiger partial charge in [-0.1, -0.05) is 34.1 Å². The van der Waals surface area contributed by atoms with Crippen LogP contribution in [0.1, 0.15) is 17.2 Å². The van der Waals surface area contributed by atoms with Gasteiger partial charge >= 0.3 is 0 Å². The number of likely N-dealkylation sites (N-methyl/N-ethyl adjacent to an activating group) is 1. The van der Waals surface area contributed by atoms with E-state index in [0.717, 1.165) is 21.5 Å². The molecule has 1 unspecified atom stereocenters. The molecular formula is C16H16BrNO2. The Morgan fingerprint density at radius 1 is 1.30 bits per heavy atom. The quantitative estimate of drug-likeness (QED) is 0.925. The predicted octanol–water partition coefficient (Wildman–Crippen LogP) is 3.68. The van der Waals surface area contributed by atoms with Crippen LogP contribution in [0.2, 0.25) is 0 Å². The molecule has 0 saturated carbocycles. The maximum absolute atomic E-state index is 5.84. The summed E-state index contributed by atoms with van der Waals surface area (Å²) in [6.45, 7) is 1.22. The van der Waals surface area contributed by atoms with Crippen molar-refractivity contribution < 1.29 is 9.47 Å².